The molecule has 0 fully saturated rings. The third-order valence-electron chi connectivity index (χ3n) is 2.65. The molecule has 0 N–H and O–H groups in total. The molecule has 1 aliphatic carbocycles. The first-order valence-electron chi connectivity index (χ1n) is 4.60. The van der Waals surface area contributed by atoms with Crippen LogP contribution in [-0.2, 0) is 14.7 Å². The summed E-state index contributed by atoms with van der Waals surface area (Å²) in [6, 6.07) is 7.79. The molecular formula is C10H11BrO2S. The van der Waals surface area contributed by atoms with Gasteiger partial charge in [0.1, 0.15) is 0 Å². The van der Waals surface area contributed by atoms with E-state index in [9.17, 15) is 8.42 Å². The molecule has 0 saturated heterocycles. The normalized spacial score (nSPS) is 21.6. The average Bonchev–Trinajstić information content (AvgIpc) is 2.15. The van der Waals surface area contributed by atoms with Gasteiger partial charge in [-0.05, 0) is 30.4 Å². The highest BCUT2D eigenvalue weighted by molar-refractivity contribution is 9.47. The van der Waals surface area contributed by atoms with Crippen LogP contribution in [0.4, 0.5) is 0 Å². The Kier molecular flexibility index (Phi) is 2.66. The molecule has 2 nitrogen and oxygen atoms in total. The fourth-order valence-corrected chi connectivity index (χ4v) is 4.15. The molecule has 0 unspecified atom stereocenters. The molecule has 0 radical (unpaired) electrons. The van der Waals surface area contributed by atoms with Crippen LogP contribution in [0.5, 0.6) is 0 Å². The van der Waals surface area contributed by atoms with Gasteiger partial charge < -0.3 is 0 Å². The zero-order valence-corrected chi connectivity index (χ0v) is 10.0. The van der Waals surface area contributed by atoms with Gasteiger partial charge in [-0.15, -0.1) is 0 Å². The van der Waals surface area contributed by atoms with Gasteiger partial charge in [0.05, 0.1) is 20.1 Å². The maximum absolute atomic E-state index is 11.5. The molecule has 0 aromatic heterocycles. The van der Waals surface area contributed by atoms with E-state index in [-0.39, 0.29) is 5.25 Å². The summed E-state index contributed by atoms with van der Waals surface area (Å²) in [7, 11) is -3.13. The van der Waals surface area contributed by atoms with E-state index in [2.05, 4.69) is 14.8 Å². The highest BCUT2D eigenvalue weighted by Gasteiger charge is 2.28. The number of hydrogen-bond acceptors (Lipinski definition) is 2. The van der Waals surface area contributed by atoms with E-state index in [0.717, 1.165) is 24.8 Å². The zero-order chi connectivity index (χ0) is 10.2. The molecule has 0 bridgehead atoms. The van der Waals surface area contributed by atoms with Crippen molar-refractivity contribution in [1.82, 2.24) is 0 Å². The van der Waals surface area contributed by atoms with Crippen molar-refractivity contribution in [2.75, 3.05) is 0 Å². The Labute approximate surface area is 91.5 Å². The molecule has 0 saturated carbocycles. The lowest BCUT2D eigenvalue weighted by molar-refractivity contribution is 0.576. The number of halogens is 1. The first kappa shape index (κ1) is 10.2. The summed E-state index contributed by atoms with van der Waals surface area (Å²) in [5, 5.41) is -0.354. The number of aryl methyl sites for hydroxylation is 1. The van der Waals surface area contributed by atoms with Crippen LogP contribution in [0.2, 0.25) is 0 Å². The van der Waals surface area contributed by atoms with Gasteiger partial charge in [0.2, 0.25) is 8.27 Å². The molecule has 1 aliphatic rings. The number of rotatable bonds is 1. The second-order valence-corrected chi connectivity index (χ2v) is 7.78. The lowest BCUT2D eigenvalue weighted by atomic mass is 9.91. The molecule has 76 valence electrons. The summed E-state index contributed by atoms with van der Waals surface area (Å²) in [6.45, 7) is 0. The van der Waals surface area contributed by atoms with Gasteiger partial charge in [-0.3, -0.25) is 0 Å². The number of hydrogen-bond donors (Lipinski definition) is 0. The van der Waals surface area contributed by atoms with Crippen LogP contribution in [-0.4, -0.2) is 8.42 Å². The average molecular weight is 275 g/mol. The summed E-state index contributed by atoms with van der Waals surface area (Å²) >= 11 is 2.78. The van der Waals surface area contributed by atoms with Crippen LogP contribution < -0.4 is 0 Å². The summed E-state index contributed by atoms with van der Waals surface area (Å²) in [5.41, 5.74) is 2.14. The fourth-order valence-electron chi connectivity index (χ4n) is 2.00. The van der Waals surface area contributed by atoms with Crippen molar-refractivity contribution in [1.29, 1.82) is 0 Å². The van der Waals surface area contributed by atoms with Crippen molar-refractivity contribution < 1.29 is 8.42 Å². The zero-order valence-electron chi connectivity index (χ0n) is 7.61. The van der Waals surface area contributed by atoms with Gasteiger partial charge in [0, 0.05) is 0 Å². The predicted octanol–water partition coefficient (Wildman–Crippen LogP) is 2.79. The van der Waals surface area contributed by atoms with E-state index in [0.29, 0.717) is 0 Å². The Hall–Kier alpha value is -0.350. The minimum absolute atomic E-state index is 0.354. The van der Waals surface area contributed by atoms with Crippen molar-refractivity contribution in [2.45, 2.75) is 24.5 Å². The van der Waals surface area contributed by atoms with Crippen molar-refractivity contribution in [3.63, 3.8) is 0 Å². The molecule has 1 aromatic rings. The largest absolute Gasteiger partial charge is 0.216 e. The van der Waals surface area contributed by atoms with E-state index in [1.54, 1.807) is 0 Å². The lowest BCUT2D eigenvalue weighted by Crippen LogP contribution is -2.14. The summed E-state index contributed by atoms with van der Waals surface area (Å²) < 4.78 is 22.9. The van der Waals surface area contributed by atoms with Gasteiger partial charge in [-0.25, -0.2) is 8.42 Å². The Morgan fingerprint density at radius 2 is 2.00 bits per heavy atom. The third kappa shape index (κ3) is 1.86. The second-order valence-electron chi connectivity index (χ2n) is 3.56. The minimum atomic E-state index is -3.13. The Morgan fingerprint density at radius 3 is 2.71 bits per heavy atom. The van der Waals surface area contributed by atoms with Crippen LogP contribution in [0.3, 0.4) is 0 Å². The molecule has 0 amide bonds. The Morgan fingerprint density at radius 1 is 1.29 bits per heavy atom. The van der Waals surface area contributed by atoms with E-state index in [1.807, 2.05) is 24.3 Å². The molecule has 4 heteroatoms. The summed E-state index contributed by atoms with van der Waals surface area (Å²) in [4.78, 5) is 0. The topological polar surface area (TPSA) is 34.1 Å². The quantitative estimate of drug-likeness (QED) is 0.738. The standard InChI is InChI=1S/C10H11BrO2S/c11-14(12,13)10-7-3-5-8-4-1-2-6-9(8)10/h1-2,4,6,10H,3,5,7H2/t10-/m1/s1. The van der Waals surface area contributed by atoms with Crippen molar-refractivity contribution in [2.24, 2.45) is 0 Å². The van der Waals surface area contributed by atoms with Crippen LogP contribution in [0.15, 0.2) is 24.3 Å². The van der Waals surface area contributed by atoms with E-state index < -0.39 is 8.27 Å². The van der Waals surface area contributed by atoms with E-state index in [4.69, 9.17) is 0 Å². The first-order valence-corrected chi connectivity index (χ1v) is 7.99. The molecule has 2 rings (SSSR count). The number of fused-ring (bicyclic) bond motifs is 1. The van der Waals surface area contributed by atoms with Crippen LogP contribution in [0.1, 0.15) is 29.2 Å². The van der Waals surface area contributed by atoms with Gasteiger partial charge >= 0.3 is 0 Å². The van der Waals surface area contributed by atoms with Crippen molar-refractivity contribution in [3.8, 4) is 0 Å². The monoisotopic (exact) mass is 274 g/mol. The molecule has 14 heavy (non-hydrogen) atoms. The van der Waals surface area contributed by atoms with Gasteiger partial charge in [0.15, 0.2) is 0 Å². The maximum Gasteiger partial charge on any atom is 0.216 e. The molecule has 0 spiro atoms. The number of benzene rings is 1. The van der Waals surface area contributed by atoms with Crippen LogP contribution >= 0.6 is 14.8 Å². The maximum atomic E-state index is 11.5. The highest BCUT2D eigenvalue weighted by Crippen LogP contribution is 2.37. The molecule has 0 heterocycles. The van der Waals surface area contributed by atoms with Crippen molar-refractivity contribution in [3.05, 3.63) is 35.4 Å². The molecular weight excluding hydrogens is 264 g/mol. The minimum Gasteiger partial charge on any atom is -0.216 e. The highest BCUT2D eigenvalue weighted by atomic mass is 79.9. The predicted molar refractivity (Wildman–Crippen MR) is 60.0 cm³/mol. The van der Waals surface area contributed by atoms with E-state index >= 15 is 0 Å². The lowest BCUT2D eigenvalue weighted by Gasteiger charge is -2.22. The molecule has 1 aromatic carbocycles. The summed E-state index contributed by atoms with van der Waals surface area (Å²) in [5.74, 6) is 0. The van der Waals surface area contributed by atoms with Gasteiger partial charge in [-0.2, -0.15) is 0 Å². The van der Waals surface area contributed by atoms with Crippen molar-refractivity contribution >= 4 is 23.1 Å². The molecule has 0 aliphatic heterocycles. The fraction of sp³-hybridized carbons (Fsp3) is 0.400. The van der Waals surface area contributed by atoms with Crippen LogP contribution in [0.25, 0.3) is 0 Å². The third-order valence-corrected chi connectivity index (χ3v) is 5.18. The van der Waals surface area contributed by atoms with Gasteiger partial charge in [-0.1, -0.05) is 24.3 Å². The second kappa shape index (κ2) is 3.66. The van der Waals surface area contributed by atoms with E-state index in [1.165, 1.54) is 5.56 Å². The Balaban J connectivity index is 2.51. The van der Waals surface area contributed by atoms with Crippen LogP contribution in [0, 0.1) is 0 Å². The molecule has 1 atom stereocenters. The first-order chi connectivity index (χ1) is 6.59. The SMILES string of the molecule is O=S(=O)(Br)[C@@H]1CCCc2ccccc21. The Bertz CT molecular complexity index is 439. The summed E-state index contributed by atoms with van der Waals surface area (Å²) in [6.07, 6.45) is 2.67. The smallest absolute Gasteiger partial charge is 0.216 e. The van der Waals surface area contributed by atoms with Gasteiger partial charge in [0.25, 0.3) is 0 Å².